The van der Waals surface area contributed by atoms with Gasteiger partial charge in [0.25, 0.3) is 5.91 Å². The zero-order chi connectivity index (χ0) is 26.6. The molecule has 4 aromatic rings. The molecule has 11 heteroatoms. The summed E-state index contributed by atoms with van der Waals surface area (Å²) >= 11 is 15.9. The first-order valence-electron chi connectivity index (χ1n) is 12.5. The van der Waals surface area contributed by atoms with Crippen LogP contribution in [0.5, 0.6) is 0 Å². The fourth-order valence-electron chi connectivity index (χ4n) is 5.67. The Morgan fingerprint density at radius 1 is 1.03 bits per heavy atom. The molecule has 0 spiro atoms. The molecule has 0 saturated carbocycles. The number of para-hydroxylation sites is 1. The number of carbonyl (C=O) groups is 2. The quantitative estimate of drug-likeness (QED) is 0.300. The minimum atomic E-state index is -0.391. The van der Waals surface area contributed by atoms with Crippen LogP contribution >= 0.6 is 39.1 Å². The third kappa shape index (κ3) is 4.40. The summed E-state index contributed by atoms with van der Waals surface area (Å²) in [5, 5.41) is 10.5. The van der Waals surface area contributed by atoms with E-state index in [4.69, 9.17) is 23.2 Å². The van der Waals surface area contributed by atoms with Crippen molar-refractivity contribution in [1.82, 2.24) is 29.4 Å². The van der Waals surface area contributed by atoms with E-state index in [0.29, 0.717) is 47.5 Å². The Morgan fingerprint density at radius 2 is 1.74 bits per heavy atom. The largest absolute Gasteiger partial charge is 0.339 e. The van der Waals surface area contributed by atoms with E-state index in [-0.39, 0.29) is 17.9 Å². The molecule has 2 saturated heterocycles. The first kappa shape index (κ1) is 25.4. The molecule has 0 bridgehead atoms. The summed E-state index contributed by atoms with van der Waals surface area (Å²) in [5.41, 5.74) is 3.05. The van der Waals surface area contributed by atoms with Crippen LogP contribution < -0.4 is 0 Å². The van der Waals surface area contributed by atoms with E-state index >= 15 is 0 Å². The van der Waals surface area contributed by atoms with E-state index < -0.39 is 6.04 Å². The lowest BCUT2D eigenvalue weighted by Gasteiger charge is -2.37. The number of amides is 2. The van der Waals surface area contributed by atoms with Gasteiger partial charge in [-0.2, -0.15) is 0 Å². The third-order valence-corrected chi connectivity index (χ3v) is 8.88. The zero-order valence-electron chi connectivity index (χ0n) is 20.6. The smallest absolute Gasteiger partial charge is 0.271 e. The van der Waals surface area contributed by atoms with Crippen LogP contribution in [0.3, 0.4) is 0 Å². The number of hydrogen-bond acceptors (Lipinski definition) is 4. The maximum Gasteiger partial charge on any atom is 0.271 e. The van der Waals surface area contributed by atoms with E-state index in [1.54, 1.807) is 29.1 Å². The SMILES string of the molecule is Cn1c(C(=O)N2CCC(N3CCC(n4cc(-c5cc(Cl)cc(Cl)c5)nn4)C3=O)CC2)c(Br)c2ccccc21. The summed E-state index contributed by atoms with van der Waals surface area (Å²) in [6.07, 6.45) is 3.93. The normalized spacial score (nSPS) is 18.6. The van der Waals surface area contributed by atoms with Crippen molar-refractivity contribution in [2.75, 3.05) is 19.6 Å². The Morgan fingerprint density at radius 3 is 2.45 bits per heavy atom. The molecule has 1 atom stereocenters. The number of piperidine rings is 1. The lowest BCUT2D eigenvalue weighted by Crippen LogP contribution is -2.48. The molecule has 38 heavy (non-hydrogen) atoms. The second kappa shape index (κ2) is 10.0. The number of hydrogen-bond donors (Lipinski definition) is 0. The van der Waals surface area contributed by atoms with Gasteiger partial charge in [-0.15, -0.1) is 5.10 Å². The predicted octanol–water partition coefficient (Wildman–Crippen LogP) is 5.58. The lowest BCUT2D eigenvalue weighted by atomic mass is 10.0. The predicted molar refractivity (Wildman–Crippen MR) is 150 cm³/mol. The van der Waals surface area contributed by atoms with Crippen LogP contribution in [0.25, 0.3) is 22.2 Å². The van der Waals surface area contributed by atoms with Gasteiger partial charge in [0, 0.05) is 59.2 Å². The number of benzene rings is 2. The monoisotopic (exact) mass is 614 g/mol. The zero-order valence-corrected chi connectivity index (χ0v) is 23.7. The van der Waals surface area contributed by atoms with E-state index in [0.717, 1.165) is 33.8 Å². The van der Waals surface area contributed by atoms with Crippen LogP contribution in [0.1, 0.15) is 35.8 Å². The fourth-order valence-corrected chi connectivity index (χ4v) is 6.97. The average Bonchev–Trinajstić information content (AvgIpc) is 3.60. The van der Waals surface area contributed by atoms with E-state index in [9.17, 15) is 9.59 Å². The maximum absolute atomic E-state index is 13.5. The maximum atomic E-state index is 13.5. The molecule has 0 N–H and O–H groups in total. The number of aryl methyl sites for hydroxylation is 1. The molecule has 196 valence electrons. The van der Waals surface area contributed by atoms with Gasteiger partial charge in [0.1, 0.15) is 17.4 Å². The third-order valence-electron chi connectivity index (χ3n) is 7.64. The standard InChI is InChI=1S/C27H25BrCl2N6O2/c1-33-22-5-3-2-4-20(22)24(28)25(33)27(38)34-9-6-19(7-10-34)35-11-8-23(26(35)37)36-15-21(31-32-36)16-12-17(29)14-18(30)13-16/h2-5,12-15,19,23H,6-11H2,1H3. The Kier molecular flexibility index (Phi) is 6.70. The molecular formula is C27H25BrCl2N6O2. The molecule has 2 fully saturated rings. The minimum Gasteiger partial charge on any atom is -0.339 e. The van der Waals surface area contributed by atoms with Gasteiger partial charge >= 0.3 is 0 Å². The molecule has 4 heterocycles. The number of nitrogens with zero attached hydrogens (tertiary/aromatic N) is 6. The van der Waals surface area contributed by atoms with Gasteiger partial charge in [0.05, 0.1) is 10.7 Å². The van der Waals surface area contributed by atoms with Crippen molar-refractivity contribution in [3.05, 3.63) is 68.9 Å². The van der Waals surface area contributed by atoms with Crippen molar-refractivity contribution in [1.29, 1.82) is 0 Å². The number of halogens is 3. The van der Waals surface area contributed by atoms with Crippen LogP contribution in [0.2, 0.25) is 10.0 Å². The second-order valence-electron chi connectivity index (χ2n) is 9.84. The van der Waals surface area contributed by atoms with Crippen molar-refractivity contribution in [2.45, 2.75) is 31.3 Å². The van der Waals surface area contributed by atoms with Crippen LogP contribution in [-0.4, -0.2) is 66.9 Å². The number of likely N-dealkylation sites (tertiary alicyclic amines) is 2. The number of rotatable bonds is 4. The summed E-state index contributed by atoms with van der Waals surface area (Å²) < 4.78 is 4.42. The Balaban J connectivity index is 1.12. The topological polar surface area (TPSA) is 76.3 Å². The summed E-state index contributed by atoms with van der Waals surface area (Å²) in [7, 11) is 1.92. The van der Waals surface area contributed by atoms with Crippen molar-refractivity contribution in [2.24, 2.45) is 7.05 Å². The number of aromatic nitrogens is 4. The fraction of sp³-hybridized carbons (Fsp3) is 0.333. The Bertz CT molecular complexity index is 1500. The first-order chi connectivity index (χ1) is 18.3. The van der Waals surface area contributed by atoms with Crippen molar-refractivity contribution in [3.8, 4) is 11.3 Å². The van der Waals surface area contributed by atoms with E-state index in [2.05, 4.69) is 26.2 Å². The Hall–Kier alpha value is -2.88. The van der Waals surface area contributed by atoms with Gasteiger partial charge in [-0.1, -0.05) is 46.6 Å². The highest BCUT2D eigenvalue weighted by Crippen LogP contribution is 2.33. The van der Waals surface area contributed by atoms with Gasteiger partial charge < -0.3 is 14.4 Å². The highest BCUT2D eigenvalue weighted by molar-refractivity contribution is 9.10. The van der Waals surface area contributed by atoms with Crippen LogP contribution in [0.15, 0.2) is 53.1 Å². The molecule has 1 unspecified atom stereocenters. The molecule has 8 nitrogen and oxygen atoms in total. The molecule has 2 aromatic heterocycles. The molecule has 2 aliphatic rings. The van der Waals surface area contributed by atoms with E-state index in [1.807, 2.05) is 45.7 Å². The van der Waals surface area contributed by atoms with Crippen LogP contribution in [0, 0.1) is 0 Å². The van der Waals surface area contributed by atoms with Gasteiger partial charge in [-0.05, 0) is 59.5 Å². The molecule has 2 amide bonds. The highest BCUT2D eigenvalue weighted by atomic mass is 79.9. The van der Waals surface area contributed by atoms with Gasteiger partial charge in [-0.3, -0.25) is 9.59 Å². The molecular weight excluding hydrogens is 591 g/mol. The molecule has 2 aliphatic heterocycles. The molecule has 2 aromatic carbocycles. The number of carbonyl (C=O) groups excluding carboxylic acids is 2. The van der Waals surface area contributed by atoms with Crippen molar-refractivity contribution >= 4 is 61.8 Å². The summed E-state index contributed by atoms with van der Waals surface area (Å²) in [5.74, 6) is 0.0581. The highest BCUT2D eigenvalue weighted by Gasteiger charge is 2.39. The van der Waals surface area contributed by atoms with Crippen molar-refractivity contribution < 1.29 is 9.59 Å². The summed E-state index contributed by atoms with van der Waals surface area (Å²) in [4.78, 5) is 30.7. The first-order valence-corrected chi connectivity index (χ1v) is 14.1. The lowest BCUT2D eigenvalue weighted by molar-refractivity contribution is -0.133. The summed E-state index contributed by atoms with van der Waals surface area (Å²) in [6, 6.07) is 12.9. The van der Waals surface area contributed by atoms with Gasteiger partial charge in [-0.25, -0.2) is 4.68 Å². The van der Waals surface area contributed by atoms with Crippen LogP contribution in [0.4, 0.5) is 0 Å². The second-order valence-corrected chi connectivity index (χ2v) is 11.5. The van der Waals surface area contributed by atoms with Gasteiger partial charge in [0.15, 0.2) is 0 Å². The average molecular weight is 616 g/mol. The van der Waals surface area contributed by atoms with Crippen molar-refractivity contribution in [3.63, 3.8) is 0 Å². The van der Waals surface area contributed by atoms with E-state index in [1.165, 1.54) is 0 Å². The minimum absolute atomic E-state index is 0.0101. The van der Waals surface area contributed by atoms with Gasteiger partial charge in [0.2, 0.25) is 5.91 Å². The van der Waals surface area contributed by atoms with Crippen LogP contribution in [-0.2, 0) is 11.8 Å². The Labute approximate surface area is 238 Å². The molecule has 0 aliphatic carbocycles. The molecule has 6 rings (SSSR count). The molecule has 0 radical (unpaired) electrons. The summed E-state index contributed by atoms with van der Waals surface area (Å²) in [6.45, 7) is 1.87. The number of fused-ring (bicyclic) bond motifs is 1.